The van der Waals surface area contributed by atoms with Gasteiger partial charge in [0.2, 0.25) is 0 Å². The summed E-state index contributed by atoms with van der Waals surface area (Å²) in [5.74, 6) is -0.599. The normalized spacial score (nSPS) is 11.7. The molecule has 1 aromatic heterocycles. The summed E-state index contributed by atoms with van der Waals surface area (Å²) in [6.45, 7) is 0. The number of benzene rings is 1. The number of aromatic nitrogens is 2. The molecule has 0 aliphatic carbocycles. The summed E-state index contributed by atoms with van der Waals surface area (Å²) in [6.07, 6.45) is 1.37. The largest absolute Gasteiger partial charge is 0.321 e. The van der Waals surface area contributed by atoms with Gasteiger partial charge in [0.25, 0.3) is 0 Å². The van der Waals surface area contributed by atoms with Crippen molar-refractivity contribution in [3.63, 3.8) is 0 Å². The van der Waals surface area contributed by atoms with E-state index < -0.39 is 15.7 Å². The number of sulfone groups is 1. The van der Waals surface area contributed by atoms with Crippen molar-refractivity contribution in [2.45, 2.75) is 10.6 Å². The molecule has 0 spiro atoms. The lowest BCUT2D eigenvalue weighted by Gasteiger charge is -2.05. The van der Waals surface area contributed by atoms with Crippen LogP contribution in [0.5, 0.6) is 0 Å². The van der Waals surface area contributed by atoms with E-state index in [-0.39, 0.29) is 10.6 Å². The molecule has 0 unspecified atom stereocenters. The average Bonchev–Trinajstić information content (AvgIpc) is 2.61. The molecule has 0 aliphatic heterocycles. The first-order valence-electron chi connectivity index (χ1n) is 5.04. The van der Waals surface area contributed by atoms with E-state index in [1.54, 1.807) is 7.05 Å². The van der Waals surface area contributed by atoms with Crippen molar-refractivity contribution in [2.24, 2.45) is 7.05 Å². The Balaban J connectivity index is 2.36. The second kappa shape index (κ2) is 4.70. The molecule has 0 bridgehead atoms. The van der Waals surface area contributed by atoms with E-state index in [0.29, 0.717) is 11.0 Å². The van der Waals surface area contributed by atoms with Crippen molar-refractivity contribution in [1.82, 2.24) is 9.55 Å². The minimum atomic E-state index is -3.63. The molecule has 0 radical (unpaired) electrons. The lowest BCUT2D eigenvalue weighted by atomic mass is 10.4. The standard InChI is InChI=1S/C11H10ClFN2O2S/c1-15-10(12)6-14-11(15)7-18(16,17)9-4-2-3-8(13)5-9/h2-6H,7H2,1H3. The van der Waals surface area contributed by atoms with Gasteiger partial charge in [0.1, 0.15) is 22.5 Å². The monoisotopic (exact) mass is 288 g/mol. The van der Waals surface area contributed by atoms with Crippen LogP contribution in [0.3, 0.4) is 0 Å². The van der Waals surface area contributed by atoms with Crippen LogP contribution in [0, 0.1) is 5.82 Å². The molecule has 0 N–H and O–H groups in total. The van der Waals surface area contributed by atoms with Gasteiger partial charge in [0, 0.05) is 7.05 Å². The SMILES string of the molecule is Cn1c(Cl)cnc1CS(=O)(=O)c1cccc(F)c1. The third kappa shape index (κ3) is 2.54. The Labute approximate surface area is 109 Å². The summed E-state index contributed by atoms with van der Waals surface area (Å²) < 4.78 is 38.6. The molecule has 96 valence electrons. The van der Waals surface area contributed by atoms with Gasteiger partial charge in [-0.15, -0.1) is 0 Å². The zero-order valence-corrected chi connectivity index (χ0v) is 11.0. The Morgan fingerprint density at radius 2 is 2.17 bits per heavy atom. The van der Waals surface area contributed by atoms with Crippen molar-refractivity contribution >= 4 is 21.4 Å². The van der Waals surface area contributed by atoms with E-state index in [4.69, 9.17) is 11.6 Å². The topological polar surface area (TPSA) is 52.0 Å². The Bertz CT molecular complexity index is 682. The van der Waals surface area contributed by atoms with E-state index in [0.717, 1.165) is 6.07 Å². The number of rotatable bonds is 3. The van der Waals surface area contributed by atoms with Gasteiger partial charge in [-0.1, -0.05) is 17.7 Å². The number of hydrogen-bond donors (Lipinski definition) is 0. The lowest BCUT2D eigenvalue weighted by molar-refractivity contribution is 0.587. The van der Waals surface area contributed by atoms with Gasteiger partial charge in [0.05, 0.1) is 11.1 Å². The number of halogens is 2. The molecule has 0 atom stereocenters. The maximum absolute atomic E-state index is 13.0. The Morgan fingerprint density at radius 1 is 1.44 bits per heavy atom. The molecule has 0 fully saturated rings. The maximum Gasteiger partial charge on any atom is 0.185 e. The van der Waals surface area contributed by atoms with Gasteiger partial charge in [-0.2, -0.15) is 0 Å². The molecule has 0 amide bonds. The van der Waals surface area contributed by atoms with E-state index in [9.17, 15) is 12.8 Å². The van der Waals surface area contributed by atoms with Gasteiger partial charge in [-0.3, -0.25) is 0 Å². The molecule has 0 aliphatic rings. The summed E-state index contributed by atoms with van der Waals surface area (Å²) in [6, 6.07) is 4.88. The highest BCUT2D eigenvalue weighted by molar-refractivity contribution is 7.90. The minimum absolute atomic E-state index is 0.0679. The van der Waals surface area contributed by atoms with Crippen LogP contribution in [-0.2, 0) is 22.6 Å². The first kappa shape index (κ1) is 13.0. The first-order valence-corrected chi connectivity index (χ1v) is 7.07. The zero-order chi connectivity index (χ0) is 13.3. The highest BCUT2D eigenvalue weighted by Crippen LogP contribution is 2.18. The van der Waals surface area contributed by atoms with Crippen LogP contribution in [0.2, 0.25) is 5.15 Å². The second-order valence-electron chi connectivity index (χ2n) is 3.77. The molecule has 18 heavy (non-hydrogen) atoms. The van der Waals surface area contributed by atoms with Crippen LogP contribution >= 0.6 is 11.6 Å². The fraction of sp³-hybridized carbons (Fsp3) is 0.182. The van der Waals surface area contributed by atoms with Gasteiger partial charge in [-0.05, 0) is 18.2 Å². The summed E-state index contributed by atoms with van der Waals surface area (Å²) in [5, 5.41) is 0.347. The van der Waals surface area contributed by atoms with Crippen molar-refractivity contribution in [3.8, 4) is 0 Å². The minimum Gasteiger partial charge on any atom is -0.321 e. The Kier molecular flexibility index (Phi) is 3.41. The third-order valence-electron chi connectivity index (χ3n) is 2.50. The highest BCUT2D eigenvalue weighted by atomic mass is 35.5. The van der Waals surface area contributed by atoms with Gasteiger partial charge in [-0.25, -0.2) is 17.8 Å². The second-order valence-corrected chi connectivity index (χ2v) is 6.15. The molecular weight excluding hydrogens is 279 g/mol. The molecule has 2 aromatic rings. The summed E-state index contributed by atoms with van der Waals surface area (Å²) >= 11 is 5.78. The zero-order valence-electron chi connectivity index (χ0n) is 9.47. The molecule has 7 heteroatoms. The summed E-state index contributed by atoms with van der Waals surface area (Å²) in [4.78, 5) is 3.84. The number of imidazole rings is 1. The average molecular weight is 289 g/mol. The molecule has 4 nitrogen and oxygen atoms in total. The van der Waals surface area contributed by atoms with Crippen LogP contribution in [0.25, 0.3) is 0 Å². The van der Waals surface area contributed by atoms with Gasteiger partial charge in [0.15, 0.2) is 9.84 Å². The number of hydrogen-bond acceptors (Lipinski definition) is 3. The molecule has 2 rings (SSSR count). The Hall–Kier alpha value is -1.40. The quantitative estimate of drug-likeness (QED) is 0.870. The van der Waals surface area contributed by atoms with Crippen LogP contribution < -0.4 is 0 Å². The first-order chi connectivity index (χ1) is 8.40. The fourth-order valence-corrected chi connectivity index (χ4v) is 2.97. The molecule has 0 saturated carbocycles. The van der Waals surface area contributed by atoms with E-state index in [2.05, 4.69) is 4.98 Å². The van der Waals surface area contributed by atoms with Crippen LogP contribution in [-0.4, -0.2) is 18.0 Å². The van der Waals surface area contributed by atoms with E-state index in [1.807, 2.05) is 0 Å². The van der Waals surface area contributed by atoms with Crippen LogP contribution in [0.1, 0.15) is 5.82 Å². The van der Waals surface area contributed by atoms with Crippen LogP contribution in [0.15, 0.2) is 35.4 Å². The highest BCUT2D eigenvalue weighted by Gasteiger charge is 2.19. The molecule has 1 heterocycles. The Morgan fingerprint density at radius 3 is 2.72 bits per heavy atom. The van der Waals surface area contributed by atoms with Crippen molar-refractivity contribution < 1.29 is 12.8 Å². The smallest absolute Gasteiger partial charge is 0.185 e. The van der Waals surface area contributed by atoms with E-state index in [1.165, 1.54) is 29.0 Å². The maximum atomic E-state index is 13.0. The van der Waals surface area contributed by atoms with Crippen LogP contribution in [0.4, 0.5) is 4.39 Å². The number of nitrogens with zero attached hydrogens (tertiary/aromatic N) is 2. The van der Waals surface area contributed by atoms with Crippen molar-refractivity contribution in [3.05, 3.63) is 47.3 Å². The molecule has 0 saturated heterocycles. The fourth-order valence-electron chi connectivity index (χ4n) is 1.47. The molecule has 1 aromatic carbocycles. The molecular formula is C11H10ClFN2O2S. The van der Waals surface area contributed by atoms with Gasteiger partial charge >= 0.3 is 0 Å². The van der Waals surface area contributed by atoms with Gasteiger partial charge < -0.3 is 4.57 Å². The summed E-state index contributed by atoms with van der Waals surface area (Å²) in [5.41, 5.74) is 0. The summed E-state index contributed by atoms with van der Waals surface area (Å²) in [7, 11) is -2.01. The predicted molar refractivity (Wildman–Crippen MR) is 65.5 cm³/mol. The predicted octanol–water partition coefficient (Wildman–Crippen LogP) is 2.19. The third-order valence-corrected chi connectivity index (χ3v) is 4.46. The van der Waals surface area contributed by atoms with Crippen molar-refractivity contribution in [1.29, 1.82) is 0 Å². The van der Waals surface area contributed by atoms with Crippen molar-refractivity contribution in [2.75, 3.05) is 0 Å². The van der Waals surface area contributed by atoms with E-state index >= 15 is 0 Å². The lowest BCUT2D eigenvalue weighted by Crippen LogP contribution is -2.09.